The Morgan fingerprint density at radius 1 is 1.08 bits per heavy atom. The summed E-state index contributed by atoms with van der Waals surface area (Å²) in [5.41, 5.74) is 1.71. The summed E-state index contributed by atoms with van der Waals surface area (Å²) in [7, 11) is 0. The first-order valence-electron chi connectivity index (χ1n) is 7.41. The first-order valence-corrected chi connectivity index (χ1v) is 8.17. The van der Waals surface area contributed by atoms with Crippen molar-refractivity contribution in [3.63, 3.8) is 0 Å². The lowest BCUT2D eigenvalue weighted by molar-refractivity contribution is 0.922. The van der Waals surface area contributed by atoms with Crippen molar-refractivity contribution in [1.82, 2.24) is 15.2 Å². The summed E-state index contributed by atoms with van der Waals surface area (Å²) in [5, 5.41) is 12.2. The average molecular weight is 360 g/mol. The highest BCUT2D eigenvalue weighted by Crippen LogP contribution is 2.28. The van der Waals surface area contributed by atoms with Crippen molar-refractivity contribution in [3.8, 4) is 0 Å². The van der Waals surface area contributed by atoms with Crippen LogP contribution in [0.2, 0.25) is 10.0 Å². The third-order valence-corrected chi connectivity index (χ3v) is 3.93. The molecule has 0 aliphatic heterocycles. The van der Waals surface area contributed by atoms with Gasteiger partial charge in [0.15, 0.2) is 5.82 Å². The maximum absolute atomic E-state index is 6.17. The Labute approximate surface area is 150 Å². The van der Waals surface area contributed by atoms with Gasteiger partial charge < -0.3 is 10.2 Å². The summed E-state index contributed by atoms with van der Waals surface area (Å²) >= 11 is 12.1. The number of hydrogen-bond donors (Lipinski definition) is 1. The van der Waals surface area contributed by atoms with Gasteiger partial charge in [0.25, 0.3) is 0 Å². The molecular weight excluding hydrogens is 345 g/mol. The molecule has 2 aromatic carbocycles. The van der Waals surface area contributed by atoms with Crippen LogP contribution in [0.25, 0.3) is 0 Å². The number of nitrogens with one attached hydrogen (secondary N) is 1. The number of benzene rings is 2. The van der Waals surface area contributed by atoms with Crippen molar-refractivity contribution < 1.29 is 0 Å². The highest BCUT2D eigenvalue weighted by Gasteiger charge is 2.11. The van der Waals surface area contributed by atoms with E-state index in [9.17, 15) is 0 Å². The van der Waals surface area contributed by atoms with Gasteiger partial charge >= 0.3 is 0 Å². The first-order chi connectivity index (χ1) is 11.7. The predicted molar refractivity (Wildman–Crippen MR) is 98.7 cm³/mol. The summed E-state index contributed by atoms with van der Waals surface area (Å²) in [6.07, 6.45) is 1.63. The molecular formula is C17H15Cl2N5. The van der Waals surface area contributed by atoms with E-state index >= 15 is 0 Å². The fraction of sp³-hybridized carbons (Fsp3) is 0.118. The highest BCUT2D eigenvalue weighted by molar-refractivity contribution is 6.36. The Balaban J connectivity index is 1.88. The summed E-state index contributed by atoms with van der Waals surface area (Å²) in [6.45, 7) is 2.81. The molecule has 3 aromatic rings. The minimum Gasteiger partial charge on any atom is -0.325 e. The maximum atomic E-state index is 6.17. The van der Waals surface area contributed by atoms with Crippen LogP contribution in [0.1, 0.15) is 6.92 Å². The van der Waals surface area contributed by atoms with Crippen LogP contribution in [-0.2, 0) is 0 Å². The van der Waals surface area contributed by atoms with E-state index in [0.29, 0.717) is 27.5 Å². The third-order valence-electron chi connectivity index (χ3n) is 3.38. The Kier molecular flexibility index (Phi) is 5.13. The highest BCUT2D eigenvalue weighted by atomic mass is 35.5. The Morgan fingerprint density at radius 3 is 2.58 bits per heavy atom. The van der Waals surface area contributed by atoms with Crippen LogP contribution < -0.4 is 10.2 Å². The minimum atomic E-state index is 0.367. The van der Waals surface area contributed by atoms with Crippen LogP contribution in [-0.4, -0.2) is 21.7 Å². The van der Waals surface area contributed by atoms with Crippen LogP contribution in [0.15, 0.2) is 54.7 Å². The molecule has 0 aliphatic carbocycles. The van der Waals surface area contributed by atoms with E-state index in [0.717, 1.165) is 12.2 Å². The third kappa shape index (κ3) is 3.75. The van der Waals surface area contributed by atoms with Crippen LogP contribution in [0, 0.1) is 0 Å². The van der Waals surface area contributed by atoms with Crippen molar-refractivity contribution in [3.05, 3.63) is 64.8 Å². The van der Waals surface area contributed by atoms with Crippen molar-refractivity contribution >= 4 is 46.3 Å². The largest absolute Gasteiger partial charge is 0.325 e. The molecule has 1 aromatic heterocycles. The van der Waals surface area contributed by atoms with Crippen LogP contribution in [0.3, 0.4) is 0 Å². The summed E-state index contributed by atoms with van der Waals surface area (Å²) in [6, 6.07) is 15.2. The molecule has 7 heteroatoms. The molecule has 0 aliphatic rings. The molecule has 0 fully saturated rings. The molecule has 5 nitrogen and oxygen atoms in total. The minimum absolute atomic E-state index is 0.367. The van der Waals surface area contributed by atoms with Gasteiger partial charge in [-0.1, -0.05) is 41.4 Å². The van der Waals surface area contributed by atoms with Gasteiger partial charge in [0.05, 0.1) is 16.9 Å². The quantitative estimate of drug-likeness (QED) is 0.688. The Hall–Kier alpha value is -2.37. The lowest BCUT2D eigenvalue weighted by Crippen LogP contribution is -2.18. The van der Waals surface area contributed by atoms with Gasteiger partial charge in [0.1, 0.15) is 0 Å². The standard InChI is InChI=1S/C17H15Cl2N5/c1-2-24(13-6-4-3-5-7-13)16-11-20-23-17(22-16)21-15-9-8-12(18)10-14(15)19/h3-11H,2H2,1H3,(H,21,22,23). The Bertz CT molecular complexity index is 826. The summed E-state index contributed by atoms with van der Waals surface area (Å²) in [4.78, 5) is 6.57. The van der Waals surface area contributed by atoms with E-state index < -0.39 is 0 Å². The van der Waals surface area contributed by atoms with Gasteiger partial charge in [-0.2, -0.15) is 10.1 Å². The second kappa shape index (κ2) is 7.47. The van der Waals surface area contributed by atoms with E-state index in [1.54, 1.807) is 24.4 Å². The maximum Gasteiger partial charge on any atom is 0.249 e. The molecule has 0 saturated heterocycles. The number of anilines is 4. The van der Waals surface area contributed by atoms with E-state index in [2.05, 4.69) is 27.4 Å². The molecule has 1 heterocycles. The van der Waals surface area contributed by atoms with E-state index in [4.69, 9.17) is 23.2 Å². The predicted octanol–water partition coefficient (Wildman–Crippen LogP) is 5.08. The van der Waals surface area contributed by atoms with Crippen LogP contribution in [0.5, 0.6) is 0 Å². The molecule has 0 bridgehead atoms. The molecule has 24 heavy (non-hydrogen) atoms. The van der Waals surface area contributed by atoms with E-state index in [1.165, 1.54) is 0 Å². The molecule has 1 N–H and O–H groups in total. The molecule has 122 valence electrons. The van der Waals surface area contributed by atoms with Crippen molar-refractivity contribution in [1.29, 1.82) is 0 Å². The second-order valence-corrected chi connectivity index (χ2v) is 5.81. The second-order valence-electron chi connectivity index (χ2n) is 4.97. The van der Waals surface area contributed by atoms with Gasteiger partial charge in [-0.3, -0.25) is 0 Å². The van der Waals surface area contributed by atoms with Crippen molar-refractivity contribution in [2.24, 2.45) is 0 Å². The van der Waals surface area contributed by atoms with Crippen molar-refractivity contribution in [2.75, 3.05) is 16.8 Å². The molecule has 0 spiro atoms. The zero-order valence-corrected chi connectivity index (χ0v) is 14.5. The fourth-order valence-electron chi connectivity index (χ4n) is 2.27. The normalized spacial score (nSPS) is 10.5. The molecule has 3 rings (SSSR count). The number of para-hydroxylation sites is 1. The summed E-state index contributed by atoms with van der Waals surface area (Å²) < 4.78 is 0. The van der Waals surface area contributed by atoms with Gasteiger partial charge in [0, 0.05) is 17.3 Å². The number of halogens is 2. The number of hydrogen-bond acceptors (Lipinski definition) is 5. The van der Waals surface area contributed by atoms with Gasteiger partial charge in [-0.25, -0.2) is 0 Å². The number of nitrogens with zero attached hydrogens (tertiary/aromatic N) is 4. The monoisotopic (exact) mass is 359 g/mol. The SMILES string of the molecule is CCN(c1ccccc1)c1cnnc(Nc2ccc(Cl)cc2Cl)n1. The van der Waals surface area contributed by atoms with E-state index in [-0.39, 0.29) is 0 Å². The lowest BCUT2D eigenvalue weighted by Gasteiger charge is -2.21. The zero-order valence-electron chi connectivity index (χ0n) is 12.9. The number of rotatable bonds is 5. The molecule has 0 radical (unpaired) electrons. The summed E-state index contributed by atoms with van der Waals surface area (Å²) in [5.74, 6) is 1.07. The Morgan fingerprint density at radius 2 is 1.88 bits per heavy atom. The molecule has 0 amide bonds. The lowest BCUT2D eigenvalue weighted by atomic mass is 10.3. The van der Waals surface area contributed by atoms with E-state index in [1.807, 2.05) is 35.2 Å². The van der Waals surface area contributed by atoms with Crippen LogP contribution >= 0.6 is 23.2 Å². The average Bonchev–Trinajstić information content (AvgIpc) is 2.60. The van der Waals surface area contributed by atoms with Gasteiger partial charge in [-0.15, -0.1) is 5.10 Å². The van der Waals surface area contributed by atoms with Crippen molar-refractivity contribution in [2.45, 2.75) is 6.92 Å². The zero-order chi connectivity index (χ0) is 16.9. The van der Waals surface area contributed by atoms with Gasteiger partial charge in [-0.05, 0) is 37.3 Å². The molecule has 0 atom stereocenters. The molecule has 0 saturated carbocycles. The first kappa shape index (κ1) is 16.5. The smallest absolute Gasteiger partial charge is 0.249 e. The fourth-order valence-corrected chi connectivity index (χ4v) is 2.73. The number of aromatic nitrogens is 3. The van der Waals surface area contributed by atoms with Crippen LogP contribution in [0.4, 0.5) is 23.1 Å². The van der Waals surface area contributed by atoms with Gasteiger partial charge in [0.2, 0.25) is 5.95 Å². The molecule has 0 unspecified atom stereocenters. The topological polar surface area (TPSA) is 53.9 Å².